The average Bonchev–Trinajstić information content (AvgIpc) is 3.46. The third-order valence-electron chi connectivity index (χ3n) is 12.9. The van der Waals surface area contributed by atoms with Gasteiger partial charge in [0.15, 0.2) is 0 Å². The first-order valence-corrected chi connectivity index (χ1v) is 19.4. The lowest BCUT2D eigenvalue weighted by molar-refractivity contribution is -0.136. The van der Waals surface area contributed by atoms with Crippen LogP contribution in [-0.4, -0.2) is 91.1 Å². The van der Waals surface area contributed by atoms with Crippen molar-refractivity contribution in [1.29, 1.82) is 0 Å². The van der Waals surface area contributed by atoms with Gasteiger partial charge in [0, 0.05) is 99.2 Å². The number of piperidine rings is 2. The molecule has 10 heteroatoms. The minimum absolute atomic E-state index is 0.120. The second kappa shape index (κ2) is 13.8. The van der Waals surface area contributed by atoms with Crippen LogP contribution in [0.3, 0.4) is 0 Å². The first-order valence-electron chi connectivity index (χ1n) is 19.4. The summed E-state index contributed by atoms with van der Waals surface area (Å²) < 4.78 is 6.17. The van der Waals surface area contributed by atoms with Gasteiger partial charge in [0.25, 0.3) is 5.91 Å². The molecule has 1 unspecified atom stereocenters. The van der Waals surface area contributed by atoms with Gasteiger partial charge in [-0.3, -0.25) is 24.6 Å². The molecule has 4 fully saturated rings. The lowest BCUT2D eigenvalue weighted by Gasteiger charge is -2.42. The van der Waals surface area contributed by atoms with Crippen molar-refractivity contribution in [2.24, 2.45) is 17.8 Å². The van der Waals surface area contributed by atoms with E-state index in [2.05, 4.69) is 56.4 Å². The fraction of sp³-hybridized carbons (Fsp3) is 0.500. The van der Waals surface area contributed by atoms with Gasteiger partial charge < -0.3 is 24.5 Å². The first kappa shape index (κ1) is 33.3. The molecule has 3 saturated heterocycles. The van der Waals surface area contributed by atoms with Crippen molar-refractivity contribution in [2.75, 3.05) is 62.2 Å². The smallest absolute Gasteiger partial charge is 0.255 e. The summed E-state index contributed by atoms with van der Waals surface area (Å²) in [4.78, 5) is 46.4. The van der Waals surface area contributed by atoms with Gasteiger partial charge in [-0.1, -0.05) is 37.5 Å². The number of benzene rings is 3. The minimum atomic E-state index is -0.583. The molecule has 9 rings (SSSR count). The number of nitrogens with zero attached hydrogens (tertiary/aromatic N) is 4. The number of fused-ring (bicyclic) bond motifs is 2. The number of hydrogen-bond donors (Lipinski definition) is 2. The number of phenols is 1. The lowest BCUT2D eigenvalue weighted by atomic mass is 9.66. The fourth-order valence-corrected chi connectivity index (χ4v) is 9.70. The molecule has 10 nitrogen and oxygen atoms in total. The maximum atomic E-state index is 13.1. The normalized spacial score (nSPS) is 25.7. The van der Waals surface area contributed by atoms with Crippen LogP contribution >= 0.6 is 0 Å². The molecule has 6 aliphatic rings. The molecule has 1 saturated carbocycles. The number of rotatable bonds is 7. The van der Waals surface area contributed by atoms with Crippen LogP contribution in [0.1, 0.15) is 77.9 Å². The van der Waals surface area contributed by atoms with Gasteiger partial charge >= 0.3 is 0 Å². The van der Waals surface area contributed by atoms with Gasteiger partial charge in [-0.25, -0.2) is 0 Å². The Bertz CT molecular complexity index is 1840. The number of carbonyl (C=O) groups excluding carboxylic acids is 3. The number of anilines is 2. The number of carbonyl (C=O) groups is 3. The third kappa shape index (κ3) is 6.29. The number of piperazine rings is 1. The topological polar surface area (TPSA) is 106 Å². The number of aromatic hydroxyl groups is 1. The Balaban J connectivity index is 0.768. The number of hydrogen-bond acceptors (Lipinski definition) is 8. The molecule has 3 atom stereocenters. The molecule has 3 aromatic carbocycles. The van der Waals surface area contributed by atoms with Gasteiger partial charge in [-0.2, -0.15) is 0 Å². The molecule has 0 aromatic heterocycles. The van der Waals surface area contributed by atoms with E-state index in [9.17, 15) is 19.5 Å². The predicted octanol–water partition coefficient (Wildman–Crippen LogP) is 5.13. The number of amides is 3. The second-order valence-electron chi connectivity index (χ2n) is 15.9. The lowest BCUT2D eigenvalue weighted by Crippen LogP contribution is -2.52. The summed E-state index contributed by atoms with van der Waals surface area (Å²) >= 11 is 0. The Morgan fingerprint density at radius 3 is 2.27 bits per heavy atom. The van der Waals surface area contributed by atoms with Crippen LogP contribution in [0.25, 0.3) is 0 Å². The van der Waals surface area contributed by atoms with Crippen LogP contribution in [0.2, 0.25) is 0 Å². The van der Waals surface area contributed by atoms with Crippen LogP contribution in [-0.2, 0) is 16.1 Å². The van der Waals surface area contributed by atoms with Crippen molar-refractivity contribution in [3.05, 3.63) is 82.9 Å². The van der Waals surface area contributed by atoms with E-state index in [4.69, 9.17) is 4.74 Å². The molecule has 0 radical (unpaired) electrons. The maximum Gasteiger partial charge on any atom is 0.255 e. The number of nitrogens with one attached hydrogen (secondary N) is 1. The largest absolute Gasteiger partial charge is 0.508 e. The molecular formula is C42H49N5O5. The highest BCUT2D eigenvalue weighted by Gasteiger charge is 2.41. The van der Waals surface area contributed by atoms with Gasteiger partial charge in [0.2, 0.25) is 11.8 Å². The van der Waals surface area contributed by atoms with Gasteiger partial charge in [-0.15, -0.1) is 0 Å². The SMILES string of the molecule is O=C1CCC(N2Cc3cc(N4CCN(CC5CCN(c6ccc([C@H]7c8ccc(O)cc8OC[C@H]7C7CCC7)cc6)CC5)CC4)ccc3C2=O)C(=O)N1. The summed E-state index contributed by atoms with van der Waals surface area (Å²) in [5, 5.41) is 12.5. The monoisotopic (exact) mass is 703 g/mol. The van der Waals surface area contributed by atoms with Crippen molar-refractivity contribution < 1.29 is 24.2 Å². The molecule has 2 N–H and O–H groups in total. The standard InChI is InChI=1S/C42H49N5O5/c48-33-9-11-35-38(23-33)52-26-36(28-2-1-3-28)40(35)29-4-6-31(7-5-29)45-16-14-27(15-17-45)24-44-18-20-46(21-19-44)32-8-10-34-30(22-32)25-47(42(34)51)37-12-13-39(49)43-41(37)50/h4-11,22-23,27-28,36-37,40,48H,1-3,12-21,24-26H2,(H,43,49,50)/t36-,37?,40-/m0/s1. The molecule has 3 aromatic rings. The zero-order valence-electron chi connectivity index (χ0n) is 29.8. The molecule has 5 heterocycles. The van der Waals surface area contributed by atoms with Crippen molar-refractivity contribution in [2.45, 2.75) is 63.5 Å². The molecule has 52 heavy (non-hydrogen) atoms. The van der Waals surface area contributed by atoms with E-state index in [1.54, 1.807) is 17.0 Å². The van der Waals surface area contributed by atoms with E-state index in [-0.39, 0.29) is 29.9 Å². The Hall–Kier alpha value is -4.57. The molecule has 0 spiro atoms. The van der Waals surface area contributed by atoms with E-state index in [0.29, 0.717) is 42.2 Å². The number of imide groups is 1. The van der Waals surface area contributed by atoms with E-state index < -0.39 is 6.04 Å². The second-order valence-corrected chi connectivity index (χ2v) is 15.9. The highest BCUT2D eigenvalue weighted by Crippen LogP contribution is 2.50. The van der Waals surface area contributed by atoms with Crippen LogP contribution in [0.4, 0.5) is 11.4 Å². The van der Waals surface area contributed by atoms with Crippen molar-refractivity contribution >= 4 is 29.1 Å². The molecule has 272 valence electrons. The molecule has 5 aliphatic heterocycles. The summed E-state index contributed by atoms with van der Waals surface area (Å²) in [6, 6.07) is 20.5. The Labute approximate surface area is 305 Å². The summed E-state index contributed by atoms with van der Waals surface area (Å²) in [5.41, 5.74) is 6.63. The zero-order valence-corrected chi connectivity index (χ0v) is 29.8. The van der Waals surface area contributed by atoms with Crippen molar-refractivity contribution in [3.63, 3.8) is 0 Å². The first-order chi connectivity index (χ1) is 25.4. The van der Waals surface area contributed by atoms with Crippen LogP contribution in [0.5, 0.6) is 11.5 Å². The van der Waals surface area contributed by atoms with Gasteiger partial charge in [-0.05, 0) is 78.6 Å². The Morgan fingerprint density at radius 1 is 0.788 bits per heavy atom. The van der Waals surface area contributed by atoms with E-state index >= 15 is 0 Å². The van der Waals surface area contributed by atoms with Crippen LogP contribution < -0.4 is 19.9 Å². The highest BCUT2D eigenvalue weighted by molar-refractivity contribution is 6.05. The Kier molecular flexibility index (Phi) is 8.81. The van der Waals surface area contributed by atoms with Crippen molar-refractivity contribution in [3.8, 4) is 11.5 Å². The maximum absolute atomic E-state index is 13.1. The average molecular weight is 704 g/mol. The molecule has 3 amide bonds. The quantitative estimate of drug-likeness (QED) is 0.327. The third-order valence-corrected chi connectivity index (χ3v) is 12.9. The summed E-state index contributed by atoms with van der Waals surface area (Å²) in [6.07, 6.45) is 6.93. The molecule has 1 aliphatic carbocycles. The van der Waals surface area contributed by atoms with Crippen LogP contribution in [0, 0.1) is 17.8 Å². The van der Waals surface area contributed by atoms with Gasteiger partial charge in [0.05, 0.1) is 6.61 Å². The van der Waals surface area contributed by atoms with Gasteiger partial charge in [0.1, 0.15) is 17.5 Å². The highest BCUT2D eigenvalue weighted by atomic mass is 16.5. The molecule has 0 bridgehead atoms. The summed E-state index contributed by atoms with van der Waals surface area (Å²) in [6.45, 7) is 8.39. The summed E-state index contributed by atoms with van der Waals surface area (Å²) in [5.74, 6) is 2.52. The molecular weight excluding hydrogens is 654 g/mol. The fourth-order valence-electron chi connectivity index (χ4n) is 9.70. The zero-order chi connectivity index (χ0) is 35.3. The van der Waals surface area contributed by atoms with E-state index in [1.807, 2.05) is 12.1 Å². The van der Waals surface area contributed by atoms with E-state index in [0.717, 1.165) is 69.4 Å². The number of ether oxygens (including phenoxy) is 1. The summed E-state index contributed by atoms with van der Waals surface area (Å²) in [7, 11) is 0. The van der Waals surface area contributed by atoms with Crippen molar-refractivity contribution in [1.82, 2.24) is 15.1 Å². The van der Waals surface area contributed by atoms with Crippen LogP contribution in [0.15, 0.2) is 60.7 Å². The van der Waals surface area contributed by atoms with E-state index in [1.165, 1.54) is 48.9 Å². The minimum Gasteiger partial charge on any atom is -0.508 e. The Morgan fingerprint density at radius 2 is 1.54 bits per heavy atom. The number of phenolic OH excluding ortho intramolecular Hbond substituents is 1. The predicted molar refractivity (Wildman–Crippen MR) is 199 cm³/mol.